The molecule has 1 aliphatic heterocycles. The highest BCUT2D eigenvalue weighted by atomic mass is 16.2. The first kappa shape index (κ1) is 17.5. The van der Waals surface area contributed by atoms with Gasteiger partial charge in [-0.3, -0.25) is 9.69 Å². The lowest BCUT2D eigenvalue weighted by atomic mass is 9.49. The summed E-state index contributed by atoms with van der Waals surface area (Å²) in [7, 11) is 0. The molecule has 3 heteroatoms. The number of carbonyl (C=O) groups excluding carboxylic acids is 1. The van der Waals surface area contributed by atoms with E-state index in [1.807, 2.05) is 0 Å². The van der Waals surface area contributed by atoms with Crippen LogP contribution in [0, 0.1) is 23.2 Å². The topological polar surface area (TPSA) is 23.6 Å². The maximum atomic E-state index is 14.1. The van der Waals surface area contributed by atoms with Gasteiger partial charge in [-0.15, -0.1) is 0 Å². The van der Waals surface area contributed by atoms with Gasteiger partial charge in [0.1, 0.15) is 0 Å². The highest BCUT2D eigenvalue weighted by Crippen LogP contribution is 2.60. The van der Waals surface area contributed by atoms with Crippen molar-refractivity contribution in [2.45, 2.75) is 69.9 Å². The number of benzene rings is 1. The van der Waals surface area contributed by atoms with Gasteiger partial charge in [0.05, 0.1) is 5.41 Å². The number of nitrogens with zero attached hydrogens (tertiary/aromatic N) is 2. The van der Waals surface area contributed by atoms with Crippen LogP contribution in [0.2, 0.25) is 0 Å². The van der Waals surface area contributed by atoms with Crippen molar-refractivity contribution in [1.82, 2.24) is 9.80 Å². The van der Waals surface area contributed by atoms with Gasteiger partial charge in [0.2, 0.25) is 5.91 Å². The summed E-state index contributed by atoms with van der Waals surface area (Å²) in [5.41, 5.74) is 1.39. The molecule has 6 aliphatic rings. The van der Waals surface area contributed by atoms with E-state index in [0.717, 1.165) is 49.9 Å². The van der Waals surface area contributed by atoms with Crippen LogP contribution in [0.3, 0.4) is 0 Å². The summed E-state index contributed by atoms with van der Waals surface area (Å²) in [4.78, 5) is 19.1. The van der Waals surface area contributed by atoms with Crippen LogP contribution in [0.4, 0.5) is 0 Å². The lowest BCUT2D eigenvalue weighted by Gasteiger charge is -2.57. The first-order valence-electron chi connectivity index (χ1n) is 11.8. The van der Waals surface area contributed by atoms with Crippen molar-refractivity contribution in [3.05, 3.63) is 35.9 Å². The maximum absolute atomic E-state index is 14.1. The second kappa shape index (κ2) is 6.58. The van der Waals surface area contributed by atoms with E-state index in [-0.39, 0.29) is 5.41 Å². The zero-order valence-electron chi connectivity index (χ0n) is 17.1. The van der Waals surface area contributed by atoms with E-state index in [1.165, 1.54) is 56.9 Å². The van der Waals surface area contributed by atoms with Crippen LogP contribution in [0.1, 0.15) is 56.9 Å². The molecule has 150 valence electrons. The van der Waals surface area contributed by atoms with Gasteiger partial charge in [-0.2, -0.15) is 0 Å². The summed E-state index contributed by atoms with van der Waals surface area (Å²) in [5, 5.41) is 0. The van der Waals surface area contributed by atoms with Crippen molar-refractivity contribution in [3.8, 4) is 0 Å². The van der Waals surface area contributed by atoms with E-state index >= 15 is 0 Å². The van der Waals surface area contributed by atoms with Gasteiger partial charge in [-0.05, 0) is 81.1 Å². The van der Waals surface area contributed by atoms with Gasteiger partial charge in [-0.1, -0.05) is 30.3 Å². The molecule has 1 saturated heterocycles. The highest BCUT2D eigenvalue weighted by Gasteiger charge is 2.56. The van der Waals surface area contributed by atoms with Crippen LogP contribution in [0.25, 0.3) is 0 Å². The minimum absolute atomic E-state index is 0.00540. The van der Waals surface area contributed by atoms with E-state index in [1.54, 1.807) is 0 Å². The fourth-order valence-corrected chi connectivity index (χ4v) is 7.66. The lowest BCUT2D eigenvalue weighted by Crippen LogP contribution is -2.62. The first-order valence-corrected chi connectivity index (χ1v) is 11.8. The number of hydrogen-bond donors (Lipinski definition) is 0. The molecule has 1 aromatic rings. The van der Waals surface area contributed by atoms with Gasteiger partial charge < -0.3 is 4.90 Å². The lowest BCUT2D eigenvalue weighted by molar-refractivity contribution is -0.162. The fourth-order valence-electron chi connectivity index (χ4n) is 7.66. The minimum atomic E-state index is 0.00540. The second-order valence-electron chi connectivity index (χ2n) is 10.8. The van der Waals surface area contributed by atoms with Crippen molar-refractivity contribution in [1.29, 1.82) is 0 Å². The average molecular weight is 379 g/mol. The molecule has 5 saturated carbocycles. The molecule has 1 amide bonds. The quantitative estimate of drug-likeness (QED) is 0.787. The molecular formula is C25H34N2O. The predicted molar refractivity (Wildman–Crippen MR) is 111 cm³/mol. The maximum Gasteiger partial charge on any atom is 0.229 e. The molecule has 28 heavy (non-hydrogen) atoms. The minimum Gasteiger partial charge on any atom is -0.336 e. The molecule has 1 aromatic carbocycles. The number of piperazine rings is 1. The zero-order chi connectivity index (χ0) is 18.7. The average Bonchev–Trinajstić information content (AvgIpc) is 3.52. The molecule has 7 rings (SSSR count). The third-order valence-corrected chi connectivity index (χ3v) is 8.64. The first-order chi connectivity index (χ1) is 13.7. The van der Waals surface area contributed by atoms with Crippen LogP contribution in [-0.4, -0.2) is 47.4 Å². The number of rotatable bonds is 4. The Morgan fingerprint density at radius 2 is 1.57 bits per heavy atom. The summed E-state index contributed by atoms with van der Waals surface area (Å²) >= 11 is 0. The van der Waals surface area contributed by atoms with Crippen LogP contribution in [-0.2, 0) is 11.2 Å². The SMILES string of the molecule is O=C(N1CCN(C2CC2)CC1Cc1ccccc1)C12CC3CC(CC(C3)C1)C2. The molecule has 1 unspecified atom stereocenters. The third-order valence-electron chi connectivity index (χ3n) is 8.64. The fraction of sp³-hybridized carbons (Fsp3) is 0.720. The molecule has 0 radical (unpaired) electrons. The molecule has 3 nitrogen and oxygen atoms in total. The Balaban J connectivity index is 1.26. The number of amides is 1. The Kier molecular flexibility index (Phi) is 4.12. The normalized spacial score (nSPS) is 40.1. The third kappa shape index (κ3) is 3.01. The molecule has 5 aliphatic carbocycles. The molecule has 1 atom stereocenters. The molecule has 0 N–H and O–H groups in total. The van der Waals surface area contributed by atoms with E-state index in [4.69, 9.17) is 0 Å². The Hall–Kier alpha value is -1.35. The summed E-state index contributed by atoms with van der Waals surface area (Å²) in [6.07, 6.45) is 11.6. The summed E-state index contributed by atoms with van der Waals surface area (Å²) in [6, 6.07) is 12.0. The summed E-state index contributed by atoms with van der Waals surface area (Å²) in [5.74, 6) is 3.07. The molecule has 1 heterocycles. The Morgan fingerprint density at radius 1 is 0.929 bits per heavy atom. The van der Waals surface area contributed by atoms with Gasteiger partial charge in [-0.25, -0.2) is 0 Å². The van der Waals surface area contributed by atoms with Crippen LogP contribution < -0.4 is 0 Å². The number of carbonyl (C=O) groups is 1. The second-order valence-corrected chi connectivity index (χ2v) is 10.8. The Labute approximate surface area is 169 Å². The predicted octanol–water partition coefficient (Wildman–Crippen LogP) is 4.12. The van der Waals surface area contributed by atoms with E-state index < -0.39 is 0 Å². The monoisotopic (exact) mass is 378 g/mol. The van der Waals surface area contributed by atoms with E-state index in [2.05, 4.69) is 40.1 Å². The van der Waals surface area contributed by atoms with Crippen LogP contribution in [0.15, 0.2) is 30.3 Å². The van der Waals surface area contributed by atoms with Gasteiger partial charge in [0, 0.05) is 31.7 Å². The van der Waals surface area contributed by atoms with Crippen molar-refractivity contribution in [3.63, 3.8) is 0 Å². The molecule has 0 spiro atoms. The van der Waals surface area contributed by atoms with Gasteiger partial charge in [0.15, 0.2) is 0 Å². The molecule has 4 bridgehead atoms. The van der Waals surface area contributed by atoms with Crippen LogP contribution in [0.5, 0.6) is 0 Å². The zero-order valence-corrected chi connectivity index (χ0v) is 17.1. The van der Waals surface area contributed by atoms with Gasteiger partial charge in [0.25, 0.3) is 0 Å². The van der Waals surface area contributed by atoms with E-state index in [9.17, 15) is 4.79 Å². The molecular weight excluding hydrogens is 344 g/mol. The Bertz CT molecular complexity index is 705. The largest absolute Gasteiger partial charge is 0.336 e. The smallest absolute Gasteiger partial charge is 0.229 e. The van der Waals surface area contributed by atoms with Crippen LogP contribution >= 0.6 is 0 Å². The summed E-state index contributed by atoms with van der Waals surface area (Å²) < 4.78 is 0. The number of hydrogen-bond acceptors (Lipinski definition) is 2. The van der Waals surface area contributed by atoms with Crippen molar-refractivity contribution < 1.29 is 4.79 Å². The van der Waals surface area contributed by atoms with Crippen molar-refractivity contribution in [2.75, 3.05) is 19.6 Å². The molecule has 6 fully saturated rings. The van der Waals surface area contributed by atoms with Gasteiger partial charge >= 0.3 is 0 Å². The highest BCUT2D eigenvalue weighted by molar-refractivity contribution is 5.84. The molecule has 0 aromatic heterocycles. The Morgan fingerprint density at radius 3 is 2.18 bits per heavy atom. The van der Waals surface area contributed by atoms with E-state index in [0.29, 0.717) is 11.9 Å². The summed E-state index contributed by atoms with van der Waals surface area (Å²) in [6.45, 7) is 3.13. The van der Waals surface area contributed by atoms with Crippen molar-refractivity contribution in [2.24, 2.45) is 23.2 Å². The van der Waals surface area contributed by atoms with Crippen molar-refractivity contribution >= 4 is 5.91 Å². The standard InChI is InChI=1S/C25H34N2O/c28-24(25-14-19-10-20(15-25)12-21(11-19)16-25)27-9-8-26(22-6-7-22)17-23(27)13-18-4-2-1-3-5-18/h1-5,19-23H,6-17H2.